The molecule has 0 atom stereocenters. The molecule has 0 aliphatic carbocycles. The van der Waals surface area contributed by atoms with E-state index in [1.807, 2.05) is 19.1 Å². The van der Waals surface area contributed by atoms with Gasteiger partial charge >= 0.3 is 0 Å². The highest BCUT2D eigenvalue weighted by Gasteiger charge is 2.31. The lowest BCUT2D eigenvalue weighted by atomic mass is 10.0. The summed E-state index contributed by atoms with van der Waals surface area (Å²) in [6.45, 7) is 7.38. The van der Waals surface area contributed by atoms with Crippen LogP contribution in [0.5, 0.6) is 0 Å². The van der Waals surface area contributed by atoms with Crippen molar-refractivity contribution in [1.29, 1.82) is 0 Å². The van der Waals surface area contributed by atoms with Crippen molar-refractivity contribution >= 4 is 27.5 Å². The maximum Gasteiger partial charge on any atom is 0.267 e. The van der Waals surface area contributed by atoms with E-state index >= 15 is 0 Å². The molecule has 1 saturated heterocycles. The first-order chi connectivity index (χ1) is 12.8. The number of rotatable bonds is 5. The highest BCUT2D eigenvalue weighted by molar-refractivity contribution is 7.89. The fourth-order valence-electron chi connectivity index (χ4n) is 3.05. The Labute approximate surface area is 164 Å². The molecule has 0 radical (unpaired) electrons. The monoisotopic (exact) mass is 408 g/mol. The molecule has 1 aliphatic rings. The average molecular weight is 409 g/mol. The summed E-state index contributed by atoms with van der Waals surface area (Å²) in [5, 5.41) is 3.98. The Morgan fingerprint density at radius 1 is 1.15 bits per heavy atom. The van der Waals surface area contributed by atoms with Crippen LogP contribution < -0.4 is 0 Å². The summed E-state index contributed by atoms with van der Waals surface area (Å²) in [4.78, 5) is 15.2. The number of carbonyl (C=O) groups is 1. The van der Waals surface area contributed by atoms with E-state index in [1.165, 1.54) is 4.31 Å². The van der Waals surface area contributed by atoms with Gasteiger partial charge in [-0.1, -0.05) is 37.4 Å². The summed E-state index contributed by atoms with van der Waals surface area (Å²) in [5.74, 6) is 0.241. The third kappa shape index (κ3) is 4.04. The molecule has 27 heavy (non-hydrogen) atoms. The van der Waals surface area contributed by atoms with Gasteiger partial charge in [0, 0.05) is 26.2 Å². The van der Waals surface area contributed by atoms with Crippen molar-refractivity contribution in [2.24, 2.45) is 0 Å². The summed E-state index contributed by atoms with van der Waals surface area (Å²) in [6.07, 6.45) is 0.651. The van der Waals surface area contributed by atoms with Crippen molar-refractivity contribution in [3.05, 3.63) is 40.4 Å². The van der Waals surface area contributed by atoms with Crippen LogP contribution in [-0.2, 0) is 16.4 Å². The van der Waals surface area contributed by atoms with E-state index in [1.54, 1.807) is 17.0 Å². The highest BCUT2D eigenvalue weighted by Crippen LogP contribution is 2.22. The van der Waals surface area contributed by atoms with Crippen LogP contribution in [0.4, 0.5) is 0 Å². The van der Waals surface area contributed by atoms with Gasteiger partial charge in [-0.2, -0.15) is 4.31 Å². The summed E-state index contributed by atoms with van der Waals surface area (Å²) in [5.41, 5.74) is 1.81. The number of nitrogens with zero attached hydrogens (tertiary/aromatic N) is 4. The largest absolute Gasteiger partial charge is 0.335 e. The molecule has 7 nitrogen and oxygen atoms in total. The van der Waals surface area contributed by atoms with Crippen molar-refractivity contribution in [3.63, 3.8) is 0 Å². The van der Waals surface area contributed by atoms with Crippen LogP contribution >= 0.6 is 11.5 Å². The molecular weight excluding hydrogens is 384 g/mol. The third-order valence-electron chi connectivity index (χ3n) is 4.80. The SMILES string of the molecule is CCc1nnsc1C(=O)N1CCN(S(=O)(=O)c2ccc(C(C)C)cc2)CC1. The molecule has 0 unspecified atom stereocenters. The fourth-order valence-corrected chi connectivity index (χ4v) is 5.19. The van der Waals surface area contributed by atoms with E-state index in [4.69, 9.17) is 0 Å². The fraction of sp³-hybridized carbons (Fsp3) is 0.500. The smallest absolute Gasteiger partial charge is 0.267 e. The van der Waals surface area contributed by atoms with Crippen molar-refractivity contribution in [3.8, 4) is 0 Å². The molecule has 2 heterocycles. The van der Waals surface area contributed by atoms with Crippen LogP contribution in [0.3, 0.4) is 0 Å². The lowest BCUT2D eigenvalue weighted by molar-refractivity contribution is 0.0701. The van der Waals surface area contributed by atoms with E-state index in [0.29, 0.717) is 40.9 Å². The molecule has 0 bridgehead atoms. The van der Waals surface area contributed by atoms with Crippen LogP contribution in [0.15, 0.2) is 29.2 Å². The Kier molecular flexibility index (Phi) is 5.92. The van der Waals surface area contributed by atoms with Crippen molar-refractivity contribution in [2.45, 2.75) is 38.0 Å². The molecule has 0 saturated carbocycles. The Bertz CT molecular complexity index is 899. The summed E-state index contributed by atoms with van der Waals surface area (Å²) >= 11 is 1.10. The van der Waals surface area contributed by atoms with Gasteiger partial charge in [-0.15, -0.1) is 5.10 Å². The number of aryl methyl sites for hydroxylation is 1. The van der Waals surface area contributed by atoms with E-state index in [-0.39, 0.29) is 19.0 Å². The second kappa shape index (κ2) is 8.04. The molecular formula is C18H24N4O3S2. The molecule has 1 aromatic carbocycles. The molecule has 1 aliphatic heterocycles. The number of hydrogen-bond donors (Lipinski definition) is 0. The zero-order valence-electron chi connectivity index (χ0n) is 15.8. The molecule has 0 spiro atoms. The zero-order valence-corrected chi connectivity index (χ0v) is 17.4. The molecule has 1 amide bonds. The van der Waals surface area contributed by atoms with E-state index in [0.717, 1.165) is 17.1 Å². The maximum absolute atomic E-state index is 12.9. The first-order valence-electron chi connectivity index (χ1n) is 9.05. The second-order valence-electron chi connectivity index (χ2n) is 6.82. The summed E-state index contributed by atoms with van der Waals surface area (Å²) < 4.78 is 31.1. The number of amides is 1. The predicted molar refractivity (Wildman–Crippen MR) is 104 cm³/mol. The Hall–Kier alpha value is -1.84. The van der Waals surface area contributed by atoms with Crippen LogP contribution in [0.2, 0.25) is 0 Å². The summed E-state index contributed by atoms with van der Waals surface area (Å²) in [6, 6.07) is 7.05. The topological polar surface area (TPSA) is 83.5 Å². The standard InChI is InChI=1S/C18H24N4O3S2/c1-4-16-17(26-20-19-16)18(23)21-9-11-22(12-10-21)27(24,25)15-7-5-14(6-8-15)13(2)3/h5-8,13H,4,9-12H2,1-3H3. The minimum absolute atomic E-state index is 0.111. The first-order valence-corrected chi connectivity index (χ1v) is 11.3. The highest BCUT2D eigenvalue weighted by atomic mass is 32.2. The van der Waals surface area contributed by atoms with Crippen LogP contribution in [0.1, 0.15) is 47.6 Å². The average Bonchev–Trinajstić information content (AvgIpc) is 3.16. The number of piperazine rings is 1. The minimum atomic E-state index is -3.55. The number of sulfonamides is 1. The third-order valence-corrected chi connectivity index (χ3v) is 7.46. The quantitative estimate of drug-likeness (QED) is 0.758. The van der Waals surface area contributed by atoms with Gasteiger partial charge in [-0.3, -0.25) is 4.79 Å². The van der Waals surface area contributed by atoms with Gasteiger partial charge in [0.15, 0.2) is 0 Å². The predicted octanol–water partition coefficient (Wildman–Crippen LogP) is 2.37. The maximum atomic E-state index is 12.9. The molecule has 3 rings (SSSR count). The van der Waals surface area contributed by atoms with E-state index in [2.05, 4.69) is 23.4 Å². The Morgan fingerprint density at radius 2 is 1.78 bits per heavy atom. The van der Waals surface area contributed by atoms with Gasteiger partial charge in [0.05, 0.1) is 10.6 Å². The molecule has 1 fully saturated rings. The lowest BCUT2D eigenvalue weighted by Gasteiger charge is -2.33. The van der Waals surface area contributed by atoms with Gasteiger partial charge < -0.3 is 4.90 Å². The van der Waals surface area contributed by atoms with Crippen molar-refractivity contribution in [2.75, 3.05) is 26.2 Å². The number of carbonyl (C=O) groups excluding carboxylic acids is 1. The minimum Gasteiger partial charge on any atom is -0.335 e. The molecule has 9 heteroatoms. The second-order valence-corrected chi connectivity index (χ2v) is 9.51. The van der Waals surface area contributed by atoms with Gasteiger partial charge in [0.2, 0.25) is 10.0 Å². The van der Waals surface area contributed by atoms with Crippen molar-refractivity contribution in [1.82, 2.24) is 18.8 Å². The van der Waals surface area contributed by atoms with Crippen LogP contribution in [0, 0.1) is 0 Å². The number of hydrogen-bond acceptors (Lipinski definition) is 6. The van der Waals surface area contributed by atoms with E-state index < -0.39 is 10.0 Å². The first kappa shape index (κ1) is 19.9. The van der Waals surface area contributed by atoms with Gasteiger partial charge in [-0.25, -0.2) is 8.42 Å². The van der Waals surface area contributed by atoms with Crippen molar-refractivity contribution < 1.29 is 13.2 Å². The van der Waals surface area contributed by atoms with Gasteiger partial charge in [0.25, 0.3) is 5.91 Å². The van der Waals surface area contributed by atoms with Gasteiger partial charge in [0.1, 0.15) is 4.88 Å². The Balaban J connectivity index is 1.68. The normalized spacial score (nSPS) is 16.1. The zero-order chi connectivity index (χ0) is 19.6. The Morgan fingerprint density at radius 3 is 2.33 bits per heavy atom. The van der Waals surface area contributed by atoms with E-state index in [9.17, 15) is 13.2 Å². The van der Waals surface area contributed by atoms with Crippen LogP contribution in [-0.4, -0.2) is 59.3 Å². The number of benzene rings is 1. The number of aromatic nitrogens is 2. The van der Waals surface area contributed by atoms with Gasteiger partial charge in [-0.05, 0) is 41.6 Å². The molecule has 0 N–H and O–H groups in total. The molecule has 1 aromatic heterocycles. The summed E-state index contributed by atoms with van der Waals surface area (Å²) in [7, 11) is -3.55. The molecule has 2 aromatic rings. The molecule has 146 valence electrons. The van der Waals surface area contributed by atoms with Crippen LogP contribution in [0.25, 0.3) is 0 Å². The lowest BCUT2D eigenvalue weighted by Crippen LogP contribution is -2.50.